The normalized spacial score (nSPS) is 11.4. The molecule has 0 fully saturated rings. The highest BCUT2D eigenvalue weighted by Gasteiger charge is 2.19. The zero-order valence-electron chi connectivity index (χ0n) is 20.9. The van der Waals surface area contributed by atoms with E-state index in [1.807, 2.05) is 55.6 Å². The molecule has 0 aliphatic rings. The molecule has 0 spiro atoms. The van der Waals surface area contributed by atoms with Gasteiger partial charge in [0.05, 0.1) is 18.1 Å². The van der Waals surface area contributed by atoms with E-state index < -0.39 is 0 Å². The maximum atomic E-state index is 12.0. The number of carbonyl (C=O) groups excluding carboxylic acids is 1. The molecule has 0 aliphatic heterocycles. The smallest absolute Gasteiger partial charge is 0.247 e. The molecule has 0 atom stereocenters. The summed E-state index contributed by atoms with van der Waals surface area (Å²) in [5, 5.41) is 12.8. The van der Waals surface area contributed by atoms with E-state index in [-0.39, 0.29) is 5.91 Å². The van der Waals surface area contributed by atoms with Crippen LogP contribution in [0.25, 0.3) is 44.5 Å². The number of aryl methyl sites for hydroxylation is 2. The number of carbonyl (C=O) groups is 1. The van der Waals surface area contributed by atoms with Crippen molar-refractivity contribution < 1.29 is 4.79 Å². The van der Waals surface area contributed by atoms with Crippen LogP contribution in [0.4, 0.5) is 5.69 Å². The highest BCUT2D eigenvalue weighted by atomic mass is 16.1. The van der Waals surface area contributed by atoms with Gasteiger partial charge in [0.1, 0.15) is 5.65 Å². The van der Waals surface area contributed by atoms with Gasteiger partial charge in [-0.05, 0) is 42.2 Å². The number of nitrogens with one attached hydrogen (secondary N) is 2. The Morgan fingerprint density at radius 1 is 1.08 bits per heavy atom. The summed E-state index contributed by atoms with van der Waals surface area (Å²) in [7, 11) is 1.89. The average Bonchev–Trinajstić information content (AvgIpc) is 3.58. The summed E-state index contributed by atoms with van der Waals surface area (Å²) in [5.74, 6) is 0.262. The van der Waals surface area contributed by atoms with Gasteiger partial charge < -0.3 is 10.3 Å². The second-order valence-electron chi connectivity index (χ2n) is 9.47. The van der Waals surface area contributed by atoms with Crippen LogP contribution in [0.3, 0.4) is 0 Å². The van der Waals surface area contributed by atoms with Crippen LogP contribution in [-0.4, -0.2) is 35.4 Å². The molecule has 36 heavy (non-hydrogen) atoms. The molecule has 4 aromatic heterocycles. The first kappa shape index (κ1) is 23.3. The lowest BCUT2D eigenvalue weighted by molar-refractivity contribution is -0.111. The van der Waals surface area contributed by atoms with Gasteiger partial charge in [0.25, 0.3) is 0 Å². The fraction of sp³-hybridized carbons (Fsp3) is 0.214. The van der Waals surface area contributed by atoms with Gasteiger partial charge in [0, 0.05) is 65.5 Å². The molecule has 182 valence electrons. The van der Waals surface area contributed by atoms with Gasteiger partial charge in [-0.15, -0.1) is 0 Å². The van der Waals surface area contributed by atoms with Crippen LogP contribution < -0.4 is 5.32 Å². The largest absolute Gasteiger partial charge is 0.339 e. The van der Waals surface area contributed by atoms with Crippen molar-refractivity contribution in [2.24, 2.45) is 13.0 Å². The summed E-state index contributed by atoms with van der Waals surface area (Å²) in [6.07, 6.45) is 10.9. The quantitative estimate of drug-likeness (QED) is 0.298. The lowest BCUT2D eigenvalue weighted by Gasteiger charge is -2.11. The molecule has 2 N–H and O–H groups in total. The van der Waals surface area contributed by atoms with Crippen LogP contribution in [0, 0.1) is 12.8 Å². The summed E-state index contributed by atoms with van der Waals surface area (Å²) >= 11 is 0. The molecule has 5 rings (SSSR count). The minimum absolute atomic E-state index is 0.246. The number of H-pyrrole nitrogens is 1. The number of anilines is 1. The van der Waals surface area contributed by atoms with E-state index >= 15 is 0 Å². The van der Waals surface area contributed by atoms with Crippen LogP contribution in [0.15, 0.2) is 67.9 Å². The van der Waals surface area contributed by atoms with Gasteiger partial charge in [-0.25, -0.2) is 4.98 Å². The van der Waals surface area contributed by atoms with Gasteiger partial charge in [-0.1, -0.05) is 32.6 Å². The number of rotatable bonds is 7. The Labute approximate surface area is 209 Å². The van der Waals surface area contributed by atoms with Gasteiger partial charge in [-0.2, -0.15) is 10.2 Å². The predicted octanol–water partition coefficient (Wildman–Crippen LogP) is 5.58. The summed E-state index contributed by atoms with van der Waals surface area (Å²) in [6, 6.07) is 8.21. The fourth-order valence-electron chi connectivity index (χ4n) is 4.38. The Hall–Kier alpha value is -4.46. The molecular weight excluding hydrogens is 450 g/mol. The molecule has 0 radical (unpaired) electrons. The van der Waals surface area contributed by atoms with Gasteiger partial charge >= 0.3 is 0 Å². The Morgan fingerprint density at radius 3 is 2.61 bits per heavy atom. The highest BCUT2D eigenvalue weighted by Crippen LogP contribution is 2.40. The first-order valence-corrected chi connectivity index (χ1v) is 11.9. The summed E-state index contributed by atoms with van der Waals surface area (Å²) in [4.78, 5) is 20.3. The monoisotopic (exact) mass is 479 g/mol. The second-order valence-corrected chi connectivity index (χ2v) is 9.47. The third-order valence-corrected chi connectivity index (χ3v) is 6.13. The fourth-order valence-corrected chi connectivity index (χ4v) is 4.38. The van der Waals surface area contributed by atoms with E-state index in [1.54, 1.807) is 4.68 Å². The Bertz CT molecular complexity index is 1580. The number of benzene rings is 1. The molecule has 0 aliphatic carbocycles. The molecule has 4 heterocycles. The van der Waals surface area contributed by atoms with E-state index in [1.165, 1.54) is 6.08 Å². The molecule has 1 aromatic carbocycles. The SMILES string of the molecule is C=CC(=O)Nc1cc(-c2c(-c3cnn(C)c3)[nH]c3ncc(-c4cnn(CC(C)C)c4)cc23)ccc1C. The molecular formula is C28H29N7O. The number of pyridine rings is 1. The first-order chi connectivity index (χ1) is 17.3. The lowest BCUT2D eigenvalue weighted by Crippen LogP contribution is -2.08. The van der Waals surface area contributed by atoms with E-state index in [9.17, 15) is 4.79 Å². The Kier molecular flexibility index (Phi) is 6.01. The minimum Gasteiger partial charge on any atom is -0.339 e. The van der Waals surface area contributed by atoms with Crippen molar-refractivity contribution in [1.29, 1.82) is 0 Å². The van der Waals surface area contributed by atoms with Crippen LogP contribution in [-0.2, 0) is 18.4 Å². The van der Waals surface area contributed by atoms with Crippen LogP contribution >= 0.6 is 0 Å². The van der Waals surface area contributed by atoms with Gasteiger partial charge in [-0.3, -0.25) is 14.2 Å². The standard InChI is InChI=1S/C28H29N7O/c1-6-25(36)32-24-10-19(8-7-18(24)4)26-23-9-20(21-12-31-35(16-21)14-17(2)3)11-29-28(23)33-27(26)22-13-30-34(5)15-22/h6-13,15-17H,1,14H2,2-5H3,(H,29,33)(H,32,36). The molecule has 8 heteroatoms. The predicted molar refractivity (Wildman–Crippen MR) is 143 cm³/mol. The average molecular weight is 480 g/mol. The topological polar surface area (TPSA) is 93.4 Å². The first-order valence-electron chi connectivity index (χ1n) is 11.9. The van der Waals surface area contributed by atoms with Crippen molar-refractivity contribution in [3.8, 4) is 33.5 Å². The third-order valence-electron chi connectivity index (χ3n) is 6.13. The summed E-state index contributed by atoms with van der Waals surface area (Å²) in [6.45, 7) is 10.7. The van der Waals surface area contributed by atoms with Crippen LogP contribution in [0.5, 0.6) is 0 Å². The molecule has 0 saturated carbocycles. The highest BCUT2D eigenvalue weighted by molar-refractivity contribution is 6.05. The second kappa shape index (κ2) is 9.30. The van der Waals surface area contributed by atoms with Crippen molar-refractivity contribution in [2.45, 2.75) is 27.3 Å². The van der Waals surface area contributed by atoms with Gasteiger partial charge in [0.2, 0.25) is 5.91 Å². The number of hydrogen-bond acceptors (Lipinski definition) is 4. The molecule has 1 amide bonds. The lowest BCUT2D eigenvalue weighted by atomic mass is 9.97. The van der Waals surface area contributed by atoms with E-state index in [4.69, 9.17) is 4.98 Å². The molecule has 0 saturated heterocycles. The van der Waals surface area contributed by atoms with E-state index in [2.05, 4.69) is 59.3 Å². The van der Waals surface area contributed by atoms with Crippen LogP contribution in [0.2, 0.25) is 0 Å². The van der Waals surface area contributed by atoms with Crippen molar-refractivity contribution in [3.63, 3.8) is 0 Å². The molecule has 5 aromatic rings. The van der Waals surface area contributed by atoms with E-state index in [0.29, 0.717) is 5.92 Å². The minimum atomic E-state index is -0.246. The summed E-state index contributed by atoms with van der Waals surface area (Å²) < 4.78 is 3.75. The number of amides is 1. The molecule has 0 bridgehead atoms. The Balaban J connectivity index is 1.69. The summed E-state index contributed by atoms with van der Waals surface area (Å²) in [5.41, 5.74) is 8.31. The molecule has 8 nitrogen and oxygen atoms in total. The maximum Gasteiger partial charge on any atom is 0.247 e. The number of aromatic nitrogens is 6. The zero-order valence-corrected chi connectivity index (χ0v) is 20.9. The van der Waals surface area contributed by atoms with Crippen molar-refractivity contribution in [1.82, 2.24) is 29.5 Å². The number of hydrogen-bond donors (Lipinski definition) is 2. The number of aromatic amines is 1. The van der Waals surface area contributed by atoms with Gasteiger partial charge in [0.15, 0.2) is 0 Å². The zero-order chi connectivity index (χ0) is 25.4. The molecule has 0 unspecified atom stereocenters. The maximum absolute atomic E-state index is 12.0. The van der Waals surface area contributed by atoms with Crippen LogP contribution in [0.1, 0.15) is 19.4 Å². The Morgan fingerprint density at radius 2 is 1.89 bits per heavy atom. The van der Waals surface area contributed by atoms with Crippen molar-refractivity contribution in [2.75, 3.05) is 5.32 Å². The van der Waals surface area contributed by atoms with Crippen molar-refractivity contribution in [3.05, 3.63) is 73.5 Å². The van der Waals surface area contributed by atoms with Crippen molar-refractivity contribution >= 4 is 22.6 Å². The van der Waals surface area contributed by atoms with E-state index in [0.717, 1.165) is 62.3 Å². The number of nitrogens with zero attached hydrogens (tertiary/aromatic N) is 5. The number of fused-ring (bicyclic) bond motifs is 1. The third kappa shape index (κ3) is 4.45.